The van der Waals surface area contributed by atoms with Gasteiger partial charge in [0.15, 0.2) is 5.16 Å². The fourth-order valence-corrected chi connectivity index (χ4v) is 3.50. The fraction of sp³-hybridized carbons (Fsp3) is 0.533. The summed E-state index contributed by atoms with van der Waals surface area (Å²) in [7, 11) is 0. The summed E-state index contributed by atoms with van der Waals surface area (Å²) in [6.45, 7) is 5.40. The lowest BCUT2D eigenvalue weighted by Gasteiger charge is -2.25. The quantitative estimate of drug-likeness (QED) is 0.808. The van der Waals surface area contributed by atoms with Gasteiger partial charge in [0.25, 0.3) is 0 Å². The van der Waals surface area contributed by atoms with Crippen LogP contribution in [0, 0.1) is 6.92 Å². The third-order valence-corrected chi connectivity index (χ3v) is 4.68. The molecule has 0 atom stereocenters. The summed E-state index contributed by atoms with van der Waals surface area (Å²) in [6.07, 6.45) is 5.68. The van der Waals surface area contributed by atoms with Crippen molar-refractivity contribution in [1.82, 2.24) is 19.3 Å². The summed E-state index contributed by atoms with van der Waals surface area (Å²) in [4.78, 5) is 23.1. The maximum Gasteiger partial charge on any atom is 0.355 e. The lowest BCUT2D eigenvalue weighted by atomic mass is 10.1. The van der Waals surface area contributed by atoms with E-state index >= 15 is 0 Å². The minimum atomic E-state index is -0.246. The Morgan fingerprint density at radius 3 is 2.86 bits per heavy atom. The molecule has 2 aromatic rings. The fourth-order valence-electron chi connectivity index (χ4n) is 2.67. The Hall–Kier alpha value is -1.40. The van der Waals surface area contributed by atoms with Crippen molar-refractivity contribution in [3.8, 4) is 0 Å². The molecule has 2 aromatic heterocycles. The van der Waals surface area contributed by atoms with Crippen molar-refractivity contribution < 1.29 is 0 Å². The van der Waals surface area contributed by atoms with E-state index < -0.39 is 0 Å². The Morgan fingerprint density at radius 1 is 1.24 bits per heavy atom. The summed E-state index contributed by atoms with van der Waals surface area (Å²) >= 11 is 1.57. The van der Waals surface area contributed by atoms with Crippen molar-refractivity contribution >= 4 is 17.4 Å². The van der Waals surface area contributed by atoms with Gasteiger partial charge in [-0.15, -0.1) is 0 Å². The third-order valence-electron chi connectivity index (χ3n) is 3.85. The molecule has 1 aliphatic heterocycles. The van der Waals surface area contributed by atoms with Gasteiger partial charge in [0.2, 0.25) is 0 Å². The molecule has 0 amide bonds. The summed E-state index contributed by atoms with van der Waals surface area (Å²) in [5.41, 5.74) is 1.46. The van der Waals surface area contributed by atoms with E-state index in [1.807, 2.05) is 19.1 Å². The number of piperidine rings is 1. The number of pyridine rings is 1. The number of hydrogen-bond acceptors (Lipinski definition) is 5. The smallest absolute Gasteiger partial charge is 0.303 e. The molecule has 0 radical (unpaired) electrons. The SMILES string of the molecule is Cc1cccn2c(=O)nc(SCCN3CCCCC3)nc12. The summed E-state index contributed by atoms with van der Waals surface area (Å²) in [5, 5.41) is 0.589. The highest BCUT2D eigenvalue weighted by Crippen LogP contribution is 2.15. The number of thioether (sulfide) groups is 1. The Bertz CT molecular complexity index is 679. The van der Waals surface area contributed by atoms with Crippen LogP contribution in [-0.4, -0.2) is 44.7 Å². The topological polar surface area (TPSA) is 50.5 Å². The van der Waals surface area contributed by atoms with Crippen molar-refractivity contribution in [3.05, 3.63) is 34.4 Å². The van der Waals surface area contributed by atoms with E-state index in [1.165, 1.54) is 36.8 Å². The Kier molecular flexibility index (Phi) is 4.55. The van der Waals surface area contributed by atoms with Crippen molar-refractivity contribution in [1.29, 1.82) is 0 Å². The van der Waals surface area contributed by atoms with Crippen molar-refractivity contribution in [3.63, 3.8) is 0 Å². The Labute approximate surface area is 128 Å². The predicted molar refractivity (Wildman–Crippen MR) is 85.0 cm³/mol. The molecule has 5 nitrogen and oxygen atoms in total. The first kappa shape index (κ1) is 14.5. The number of likely N-dealkylation sites (tertiary alicyclic amines) is 1. The second-order valence-corrected chi connectivity index (χ2v) is 6.49. The second-order valence-electron chi connectivity index (χ2n) is 5.42. The number of hydrogen-bond donors (Lipinski definition) is 0. The largest absolute Gasteiger partial charge is 0.355 e. The third kappa shape index (κ3) is 3.44. The maximum atomic E-state index is 12.0. The minimum Gasteiger partial charge on any atom is -0.303 e. The first-order valence-corrected chi connectivity index (χ1v) is 8.44. The van der Waals surface area contributed by atoms with Gasteiger partial charge in [0, 0.05) is 18.5 Å². The number of aryl methyl sites for hydroxylation is 1. The molecule has 112 valence electrons. The zero-order chi connectivity index (χ0) is 14.7. The van der Waals surface area contributed by atoms with Gasteiger partial charge in [-0.3, -0.25) is 4.40 Å². The van der Waals surface area contributed by atoms with Gasteiger partial charge in [-0.05, 0) is 44.5 Å². The molecule has 0 bridgehead atoms. The van der Waals surface area contributed by atoms with Gasteiger partial charge in [0.05, 0.1) is 0 Å². The molecule has 0 aromatic carbocycles. The number of nitrogens with zero attached hydrogens (tertiary/aromatic N) is 4. The molecule has 0 N–H and O–H groups in total. The van der Waals surface area contributed by atoms with Crippen LogP contribution in [0.2, 0.25) is 0 Å². The highest BCUT2D eigenvalue weighted by atomic mass is 32.2. The zero-order valence-electron chi connectivity index (χ0n) is 12.3. The van der Waals surface area contributed by atoms with E-state index in [4.69, 9.17) is 0 Å². The van der Waals surface area contributed by atoms with Crippen LogP contribution < -0.4 is 5.69 Å². The van der Waals surface area contributed by atoms with Crippen LogP contribution in [0.4, 0.5) is 0 Å². The lowest BCUT2D eigenvalue weighted by molar-refractivity contribution is 0.242. The molecule has 3 heterocycles. The van der Waals surface area contributed by atoms with E-state index in [9.17, 15) is 4.79 Å². The number of fused-ring (bicyclic) bond motifs is 1. The molecule has 1 fully saturated rings. The lowest BCUT2D eigenvalue weighted by Crippen LogP contribution is -2.31. The van der Waals surface area contributed by atoms with Crippen LogP contribution >= 0.6 is 11.8 Å². The Morgan fingerprint density at radius 2 is 2.05 bits per heavy atom. The zero-order valence-corrected chi connectivity index (χ0v) is 13.1. The normalized spacial score (nSPS) is 16.4. The van der Waals surface area contributed by atoms with Crippen molar-refractivity contribution in [2.75, 3.05) is 25.4 Å². The van der Waals surface area contributed by atoms with Crippen LogP contribution in [0.3, 0.4) is 0 Å². The monoisotopic (exact) mass is 304 g/mol. The van der Waals surface area contributed by atoms with E-state index in [-0.39, 0.29) is 5.69 Å². The molecule has 1 saturated heterocycles. The Balaban J connectivity index is 1.69. The maximum absolute atomic E-state index is 12.0. The molecule has 21 heavy (non-hydrogen) atoms. The summed E-state index contributed by atoms with van der Waals surface area (Å²) < 4.78 is 1.50. The molecule has 6 heteroatoms. The van der Waals surface area contributed by atoms with Crippen LogP contribution in [0.1, 0.15) is 24.8 Å². The summed E-state index contributed by atoms with van der Waals surface area (Å²) in [6, 6.07) is 3.81. The molecular formula is C15H20N4OS. The van der Waals surface area contributed by atoms with Gasteiger partial charge in [-0.2, -0.15) is 4.98 Å². The van der Waals surface area contributed by atoms with E-state index in [2.05, 4.69) is 14.9 Å². The van der Waals surface area contributed by atoms with Crippen molar-refractivity contribution in [2.24, 2.45) is 0 Å². The number of rotatable bonds is 4. The van der Waals surface area contributed by atoms with Crippen molar-refractivity contribution in [2.45, 2.75) is 31.3 Å². The van der Waals surface area contributed by atoms with E-state index in [0.717, 1.165) is 17.9 Å². The average Bonchev–Trinajstić information content (AvgIpc) is 2.50. The second kappa shape index (κ2) is 6.58. The molecule has 0 spiro atoms. The minimum absolute atomic E-state index is 0.246. The standard InChI is InChI=1S/C15H20N4OS/c1-12-6-5-9-19-13(12)16-14(17-15(19)20)21-11-10-18-7-3-2-4-8-18/h5-6,9H,2-4,7-8,10-11H2,1H3. The molecule has 3 rings (SSSR count). The van der Waals surface area contributed by atoms with Crippen LogP contribution in [-0.2, 0) is 0 Å². The molecule has 0 unspecified atom stereocenters. The highest BCUT2D eigenvalue weighted by molar-refractivity contribution is 7.99. The molecule has 1 aliphatic rings. The van der Waals surface area contributed by atoms with Crippen LogP contribution in [0.25, 0.3) is 5.65 Å². The molecular weight excluding hydrogens is 284 g/mol. The van der Waals surface area contributed by atoms with Gasteiger partial charge in [-0.1, -0.05) is 24.2 Å². The van der Waals surface area contributed by atoms with Gasteiger partial charge in [-0.25, -0.2) is 9.78 Å². The van der Waals surface area contributed by atoms with Gasteiger partial charge < -0.3 is 4.90 Å². The predicted octanol–water partition coefficient (Wildman–Crippen LogP) is 1.98. The van der Waals surface area contributed by atoms with E-state index in [0.29, 0.717) is 10.8 Å². The van der Waals surface area contributed by atoms with Crippen LogP contribution in [0.15, 0.2) is 28.3 Å². The van der Waals surface area contributed by atoms with E-state index in [1.54, 1.807) is 18.0 Å². The molecule has 0 aliphatic carbocycles. The number of aromatic nitrogens is 3. The first-order valence-electron chi connectivity index (χ1n) is 7.45. The van der Waals surface area contributed by atoms with Crippen LogP contribution in [0.5, 0.6) is 0 Å². The first-order chi connectivity index (χ1) is 10.2. The van der Waals surface area contributed by atoms with Gasteiger partial charge in [0.1, 0.15) is 5.65 Å². The average molecular weight is 304 g/mol. The molecule has 0 saturated carbocycles. The summed E-state index contributed by atoms with van der Waals surface area (Å²) in [5.74, 6) is 0.932. The highest BCUT2D eigenvalue weighted by Gasteiger charge is 2.11. The van der Waals surface area contributed by atoms with Gasteiger partial charge >= 0.3 is 5.69 Å².